The Labute approximate surface area is 114 Å². The fraction of sp³-hybridized carbons (Fsp3) is 0.500. The van der Waals surface area contributed by atoms with Gasteiger partial charge in [-0.1, -0.05) is 19.1 Å². The quantitative estimate of drug-likeness (QED) is 0.743. The number of amides is 1. The minimum Gasteiger partial charge on any atom is -0.492 e. The van der Waals surface area contributed by atoms with Crippen LogP contribution in [0.3, 0.4) is 0 Å². The molecule has 0 saturated heterocycles. The van der Waals surface area contributed by atoms with Crippen molar-refractivity contribution in [1.29, 1.82) is 0 Å². The first kappa shape index (κ1) is 14.8. The van der Waals surface area contributed by atoms with Gasteiger partial charge in [-0.05, 0) is 24.6 Å². The number of halogens is 1. The van der Waals surface area contributed by atoms with Crippen LogP contribution in [-0.2, 0) is 4.79 Å². The van der Waals surface area contributed by atoms with Gasteiger partial charge >= 0.3 is 0 Å². The Balaban J connectivity index is 2.35. The van der Waals surface area contributed by atoms with E-state index in [1.165, 1.54) is 0 Å². The Morgan fingerprint density at radius 2 is 2.22 bits per heavy atom. The van der Waals surface area contributed by atoms with E-state index in [1.54, 1.807) is 11.9 Å². The first-order valence-electron chi connectivity index (χ1n) is 6.05. The molecule has 18 heavy (non-hydrogen) atoms. The minimum absolute atomic E-state index is 0.0536. The Bertz CT molecular complexity index is 395. The van der Waals surface area contributed by atoms with E-state index in [0.717, 1.165) is 11.3 Å². The number of ether oxygens (including phenoxy) is 1. The van der Waals surface area contributed by atoms with Crippen LogP contribution >= 0.6 is 11.6 Å². The van der Waals surface area contributed by atoms with Crippen molar-refractivity contribution in [2.45, 2.75) is 13.8 Å². The molecule has 0 saturated carbocycles. The van der Waals surface area contributed by atoms with Gasteiger partial charge in [-0.2, -0.15) is 0 Å². The molecule has 1 aromatic rings. The van der Waals surface area contributed by atoms with Crippen molar-refractivity contribution in [3.05, 3.63) is 29.8 Å². The number of carbonyl (C=O) groups excluding carboxylic acids is 1. The highest BCUT2D eigenvalue weighted by Gasteiger charge is 2.15. The van der Waals surface area contributed by atoms with E-state index < -0.39 is 0 Å². The normalized spacial score (nSPS) is 12.0. The summed E-state index contributed by atoms with van der Waals surface area (Å²) in [6.45, 7) is 4.90. The van der Waals surface area contributed by atoms with Crippen LogP contribution < -0.4 is 4.74 Å². The lowest BCUT2D eigenvalue weighted by molar-refractivity contribution is -0.133. The smallest absolute Gasteiger partial charge is 0.226 e. The van der Waals surface area contributed by atoms with E-state index in [-0.39, 0.29) is 11.8 Å². The van der Waals surface area contributed by atoms with Gasteiger partial charge < -0.3 is 9.64 Å². The average molecular weight is 270 g/mol. The van der Waals surface area contributed by atoms with Crippen LogP contribution in [0.25, 0.3) is 0 Å². The molecule has 1 atom stereocenters. The Morgan fingerprint density at radius 3 is 2.83 bits per heavy atom. The largest absolute Gasteiger partial charge is 0.492 e. The van der Waals surface area contributed by atoms with Gasteiger partial charge in [0, 0.05) is 18.8 Å². The molecule has 1 aromatic carbocycles. The second-order valence-electron chi connectivity index (χ2n) is 4.48. The molecule has 1 amide bonds. The minimum atomic E-state index is -0.143. The summed E-state index contributed by atoms with van der Waals surface area (Å²) in [4.78, 5) is 13.4. The lowest BCUT2D eigenvalue weighted by Crippen LogP contribution is -2.35. The zero-order valence-corrected chi connectivity index (χ0v) is 11.9. The van der Waals surface area contributed by atoms with Crippen molar-refractivity contribution in [3.63, 3.8) is 0 Å². The summed E-state index contributed by atoms with van der Waals surface area (Å²) < 4.78 is 5.59. The molecule has 4 heteroatoms. The summed E-state index contributed by atoms with van der Waals surface area (Å²) >= 11 is 5.66. The lowest BCUT2D eigenvalue weighted by atomic mass is 10.2. The molecule has 1 rings (SSSR count). The molecule has 0 aliphatic heterocycles. The molecule has 0 radical (unpaired) electrons. The zero-order valence-electron chi connectivity index (χ0n) is 11.1. The number of nitrogens with zero attached hydrogens (tertiary/aromatic N) is 1. The second kappa shape index (κ2) is 7.27. The number of rotatable bonds is 6. The summed E-state index contributed by atoms with van der Waals surface area (Å²) in [6.07, 6.45) is 0. The van der Waals surface area contributed by atoms with E-state index in [9.17, 15) is 4.79 Å². The molecule has 0 aliphatic rings. The molecule has 0 bridgehead atoms. The number of aryl methyl sites for hydroxylation is 1. The monoisotopic (exact) mass is 269 g/mol. The van der Waals surface area contributed by atoms with Crippen molar-refractivity contribution in [2.75, 3.05) is 26.1 Å². The third-order valence-corrected chi connectivity index (χ3v) is 3.18. The summed E-state index contributed by atoms with van der Waals surface area (Å²) in [5.41, 5.74) is 1.16. The standard InChI is InChI=1S/C14H20ClNO2/c1-11-5-4-6-13(9-11)18-8-7-16(3)14(17)12(2)10-15/h4-6,9,12H,7-8,10H2,1-3H3. The summed E-state index contributed by atoms with van der Waals surface area (Å²) in [6, 6.07) is 7.86. The van der Waals surface area contributed by atoms with Crippen molar-refractivity contribution in [3.8, 4) is 5.75 Å². The topological polar surface area (TPSA) is 29.5 Å². The first-order chi connectivity index (χ1) is 8.54. The number of carbonyl (C=O) groups is 1. The van der Waals surface area contributed by atoms with Gasteiger partial charge in [-0.25, -0.2) is 0 Å². The second-order valence-corrected chi connectivity index (χ2v) is 4.79. The highest BCUT2D eigenvalue weighted by Crippen LogP contribution is 2.12. The van der Waals surface area contributed by atoms with Crippen LogP contribution in [0.15, 0.2) is 24.3 Å². The number of hydrogen-bond acceptors (Lipinski definition) is 2. The van der Waals surface area contributed by atoms with Crippen molar-refractivity contribution >= 4 is 17.5 Å². The number of alkyl halides is 1. The van der Waals surface area contributed by atoms with Crippen molar-refractivity contribution in [1.82, 2.24) is 4.90 Å². The first-order valence-corrected chi connectivity index (χ1v) is 6.58. The Hall–Kier alpha value is -1.22. The third kappa shape index (κ3) is 4.57. The highest BCUT2D eigenvalue weighted by atomic mass is 35.5. The van der Waals surface area contributed by atoms with Gasteiger partial charge in [0.1, 0.15) is 12.4 Å². The predicted octanol–water partition coefficient (Wildman–Crippen LogP) is 2.71. The Kier molecular flexibility index (Phi) is 5.99. The van der Waals surface area contributed by atoms with E-state index in [0.29, 0.717) is 19.0 Å². The van der Waals surface area contributed by atoms with Gasteiger partial charge in [0.25, 0.3) is 0 Å². The van der Waals surface area contributed by atoms with Crippen LogP contribution in [0.2, 0.25) is 0 Å². The molecular weight excluding hydrogens is 250 g/mol. The van der Waals surface area contributed by atoms with E-state index in [2.05, 4.69) is 0 Å². The van der Waals surface area contributed by atoms with E-state index in [4.69, 9.17) is 16.3 Å². The average Bonchev–Trinajstić information content (AvgIpc) is 2.36. The number of hydrogen-bond donors (Lipinski definition) is 0. The van der Waals surface area contributed by atoms with Gasteiger partial charge in [-0.15, -0.1) is 11.6 Å². The molecule has 0 fully saturated rings. The molecule has 3 nitrogen and oxygen atoms in total. The van der Waals surface area contributed by atoms with Crippen molar-refractivity contribution < 1.29 is 9.53 Å². The molecule has 100 valence electrons. The van der Waals surface area contributed by atoms with Crippen LogP contribution in [0, 0.1) is 12.8 Å². The maximum Gasteiger partial charge on any atom is 0.226 e. The van der Waals surface area contributed by atoms with Crippen molar-refractivity contribution in [2.24, 2.45) is 5.92 Å². The summed E-state index contributed by atoms with van der Waals surface area (Å²) in [5, 5.41) is 0. The Morgan fingerprint density at radius 1 is 1.50 bits per heavy atom. The van der Waals surface area contributed by atoms with E-state index >= 15 is 0 Å². The SMILES string of the molecule is Cc1cccc(OCCN(C)C(=O)C(C)CCl)c1. The van der Waals surface area contributed by atoms with Gasteiger partial charge in [0.2, 0.25) is 5.91 Å². The summed E-state index contributed by atoms with van der Waals surface area (Å²) in [7, 11) is 1.77. The molecule has 0 spiro atoms. The maximum atomic E-state index is 11.8. The molecular formula is C14H20ClNO2. The molecule has 1 unspecified atom stereocenters. The van der Waals surface area contributed by atoms with Crippen LogP contribution in [-0.4, -0.2) is 36.9 Å². The zero-order chi connectivity index (χ0) is 13.5. The van der Waals surface area contributed by atoms with Crippen LogP contribution in [0.4, 0.5) is 0 Å². The number of benzene rings is 1. The van der Waals surface area contributed by atoms with Crippen LogP contribution in [0.1, 0.15) is 12.5 Å². The van der Waals surface area contributed by atoms with Gasteiger partial charge in [0.15, 0.2) is 0 Å². The molecule has 0 aliphatic carbocycles. The van der Waals surface area contributed by atoms with E-state index in [1.807, 2.05) is 38.1 Å². The summed E-state index contributed by atoms with van der Waals surface area (Å²) in [5.74, 6) is 1.09. The maximum absolute atomic E-state index is 11.8. The fourth-order valence-electron chi connectivity index (χ4n) is 1.56. The van der Waals surface area contributed by atoms with Gasteiger partial charge in [-0.3, -0.25) is 4.79 Å². The lowest BCUT2D eigenvalue weighted by Gasteiger charge is -2.20. The number of likely N-dealkylation sites (N-methyl/N-ethyl adjacent to an activating group) is 1. The molecule has 0 heterocycles. The fourth-order valence-corrected chi connectivity index (χ4v) is 1.69. The molecule has 0 aromatic heterocycles. The predicted molar refractivity (Wildman–Crippen MR) is 74.2 cm³/mol. The highest BCUT2D eigenvalue weighted by molar-refractivity contribution is 6.19. The molecule has 0 N–H and O–H groups in total. The third-order valence-electron chi connectivity index (χ3n) is 2.71. The van der Waals surface area contributed by atoms with Gasteiger partial charge in [0.05, 0.1) is 6.54 Å². The van der Waals surface area contributed by atoms with Crippen LogP contribution in [0.5, 0.6) is 5.75 Å².